The summed E-state index contributed by atoms with van der Waals surface area (Å²) in [6.07, 6.45) is 2.64. The van der Waals surface area contributed by atoms with Crippen molar-refractivity contribution in [2.45, 2.75) is 24.7 Å². The van der Waals surface area contributed by atoms with Crippen molar-refractivity contribution in [2.75, 3.05) is 26.7 Å². The Kier molecular flexibility index (Phi) is 6.33. The van der Waals surface area contributed by atoms with Gasteiger partial charge in [0.15, 0.2) is 0 Å². The maximum atomic E-state index is 13.0. The van der Waals surface area contributed by atoms with E-state index < -0.39 is 5.41 Å². The van der Waals surface area contributed by atoms with Crippen LogP contribution in [0.5, 0.6) is 0 Å². The van der Waals surface area contributed by atoms with Gasteiger partial charge in [-0.05, 0) is 24.5 Å². The molecule has 6 nitrogen and oxygen atoms in total. The number of piperidine rings is 1. The first-order valence-corrected chi connectivity index (χ1v) is 8.49. The largest absolute Gasteiger partial charge is 0.359 e. The fourth-order valence-corrected chi connectivity index (χ4v) is 3.23. The molecular formula is C19H25N3O3. The van der Waals surface area contributed by atoms with Gasteiger partial charge in [0.05, 0.1) is 5.41 Å². The molecule has 3 amide bonds. The van der Waals surface area contributed by atoms with E-state index in [9.17, 15) is 14.4 Å². The number of hydrogen-bond acceptors (Lipinski definition) is 3. The van der Waals surface area contributed by atoms with E-state index in [4.69, 9.17) is 0 Å². The third kappa shape index (κ3) is 4.26. The topological polar surface area (TPSA) is 78.5 Å². The number of amides is 3. The van der Waals surface area contributed by atoms with Crippen molar-refractivity contribution < 1.29 is 14.4 Å². The molecule has 2 N–H and O–H groups in total. The highest BCUT2D eigenvalue weighted by Gasteiger charge is 2.43. The number of carbonyl (C=O) groups excluding carboxylic acids is 3. The smallest absolute Gasteiger partial charge is 0.245 e. The van der Waals surface area contributed by atoms with Gasteiger partial charge in [-0.15, -0.1) is 0 Å². The predicted molar refractivity (Wildman–Crippen MR) is 95.8 cm³/mol. The minimum absolute atomic E-state index is 0.0895. The molecule has 1 aliphatic rings. The Hall–Kier alpha value is -2.63. The minimum atomic E-state index is -0.679. The molecule has 0 aliphatic carbocycles. The van der Waals surface area contributed by atoms with Crippen molar-refractivity contribution in [3.05, 3.63) is 48.6 Å². The van der Waals surface area contributed by atoms with Crippen molar-refractivity contribution in [2.24, 2.45) is 0 Å². The molecule has 0 unspecified atom stereocenters. The molecule has 1 saturated heterocycles. The molecule has 1 aromatic rings. The van der Waals surface area contributed by atoms with Gasteiger partial charge in [-0.25, -0.2) is 0 Å². The zero-order valence-electron chi connectivity index (χ0n) is 14.6. The predicted octanol–water partition coefficient (Wildman–Crippen LogP) is 0.985. The molecule has 0 bridgehead atoms. The molecule has 0 spiro atoms. The first-order chi connectivity index (χ1) is 12.0. The van der Waals surface area contributed by atoms with Crippen LogP contribution in [0.15, 0.2) is 43.0 Å². The van der Waals surface area contributed by atoms with E-state index in [1.54, 1.807) is 11.9 Å². The lowest BCUT2D eigenvalue weighted by Gasteiger charge is -2.40. The van der Waals surface area contributed by atoms with E-state index in [1.807, 2.05) is 30.3 Å². The minimum Gasteiger partial charge on any atom is -0.359 e. The van der Waals surface area contributed by atoms with E-state index in [-0.39, 0.29) is 24.1 Å². The van der Waals surface area contributed by atoms with E-state index in [1.165, 1.54) is 6.08 Å². The van der Waals surface area contributed by atoms with Crippen LogP contribution in [-0.2, 0) is 19.8 Å². The van der Waals surface area contributed by atoms with Gasteiger partial charge in [0.1, 0.15) is 0 Å². The summed E-state index contributed by atoms with van der Waals surface area (Å²) >= 11 is 0. The fourth-order valence-electron chi connectivity index (χ4n) is 3.23. The summed E-state index contributed by atoms with van der Waals surface area (Å²) in [5.41, 5.74) is 0.264. The second-order valence-corrected chi connectivity index (χ2v) is 6.16. The lowest BCUT2D eigenvalue weighted by atomic mass is 9.72. The summed E-state index contributed by atoms with van der Waals surface area (Å²) < 4.78 is 0. The van der Waals surface area contributed by atoms with Crippen molar-refractivity contribution in [3.63, 3.8) is 0 Å². The summed E-state index contributed by atoms with van der Waals surface area (Å²) in [5, 5.41) is 5.43. The molecule has 134 valence electrons. The molecule has 2 rings (SSSR count). The van der Waals surface area contributed by atoms with E-state index in [2.05, 4.69) is 17.2 Å². The lowest BCUT2D eigenvalue weighted by Crippen LogP contribution is -2.53. The van der Waals surface area contributed by atoms with Gasteiger partial charge in [-0.1, -0.05) is 36.9 Å². The lowest BCUT2D eigenvalue weighted by molar-refractivity contribution is -0.134. The van der Waals surface area contributed by atoms with Crippen molar-refractivity contribution in [3.8, 4) is 0 Å². The molecule has 1 aliphatic heterocycles. The van der Waals surface area contributed by atoms with Gasteiger partial charge >= 0.3 is 0 Å². The fraction of sp³-hybridized carbons (Fsp3) is 0.421. The number of rotatable bonds is 6. The van der Waals surface area contributed by atoms with Crippen LogP contribution in [0.25, 0.3) is 0 Å². The standard InChI is InChI=1S/C19H25N3O3/c1-3-17(24)22-13-10-19(11-14-22,15-7-5-4-6-8-15)18(25)21-12-9-16(23)20-2/h3-8H,1,9-14H2,2H3,(H,20,23)(H,21,25). The van der Waals surface area contributed by atoms with Gasteiger partial charge in [0.2, 0.25) is 17.7 Å². The number of hydrogen-bond donors (Lipinski definition) is 2. The van der Waals surface area contributed by atoms with Crippen LogP contribution in [0.3, 0.4) is 0 Å². The van der Waals surface area contributed by atoms with Gasteiger partial charge in [-0.2, -0.15) is 0 Å². The molecule has 1 heterocycles. The third-order valence-electron chi connectivity index (χ3n) is 4.78. The molecule has 25 heavy (non-hydrogen) atoms. The monoisotopic (exact) mass is 343 g/mol. The third-order valence-corrected chi connectivity index (χ3v) is 4.78. The first-order valence-electron chi connectivity index (χ1n) is 8.49. The summed E-state index contributed by atoms with van der Waals surface area (Å²) in [7, 11) is 1.57. The number of nitrogens with zero attached hydrogens (tertiary/aromatic N) is 1. The summed E-state index contributed by atoms with van der Waals surface area (Å²) in [4.78, 5) is 37.9. The highest BCUT2D eigenvalue weighted by atomic mass is 16.2. The summed E-state index contributed by atoms with van der Waals surface area (Å²) in [6.45, 7) is 4.82. The van der Waals surface area contributed by atoms with Crippen LogP contribution in [0, 0.1) is 0 Å². The zero-order chi connectivity index (χ0) is 18.3. The molecule has 6 heteroatoms. The SMILES string of the molecule is C=CC(=O)N1CCC(C(=O)NCCC(=O)NC)(c2ccccc2)CC1. The van der Waals surface area contributed by atoms with Crippen LogP contribution in [0.1, 0.15) is 24.8 Å². The second kappa shape index (κ2) is 8.46. The summed E-state index contributed by atoms with van der Waals surface area (Å²) in [6, 6.07) is 9.63. The first kappa shape index (κ1) is 18.7. The Balaban J connectivity index is 2.14. The average molecular weight is 343 g/mol. The van der Waals surface area contributed by atoms with Crippen molar-refractivity contribution >= 4 is 17.7 Å². The van der Waals surface area contributed by atoms with Gasteiger partial charge in [0.25, 0.3) is 0 Å². The highest BCUT2D eigenvalue weighted by molar-refractivity contribution is 5.90. The Morgan fingerprint density at radius 1 is 1.20 bits per heavy atom. The molecule has 1 fully saturated rings. The normalized spacial score (nSPS) is 16.0. The van der Waals surface area contributed by atoms with Crippen LogP contribution >= 0.6 is 0 Å². The second-order valence-electron chi connectivity index (χ2n) is 6.16. The summed E-state index contributed by atoms with van der Waals surface area (Å²) in [5.74, 6) is -0.310. The van der Waals surface area contributed by atoms with Gasteiger partial charge < -0.3 is 15.5 Å². The Morgan fingerprint density at radius 2 is 1.84 bits per heavy atom. The average Bonchev–Trinajstić information content (AvgIpc) is 2.67. The number of carbonyl (C=O) groups is 3. The Morgan fingerprint density at radius 3 is 2.40 bits per heavy atom. The van der Waals surface area contributed by atoms with E-state index in [0.29, 0.717) is 32.5 Å². The maximum Gasteiger partial charge on any atom is 0.245 e. The maximum absolute atomic E-state index is 13.0. The molecule has 0 radical (unpaired) electrons. The molecule has 0 saturated carbocycles. The van der Waals surface area contributed by atoms with Gasteiger partial charge in [0, 0.05) is 33.1 Å². The Bertz CT molecular complexity index is 635. The number of benzene rings is 1. The van der Waals surface area contributed by atoms with Crippen LogP contribution in [0.2, 0.25) is 0 Å². The quantitative estimate of drug-likeness (QED) is 0.756. The van der Waals surface area contributed by atoms with Crippen molar-refractivity contribution in [1.29, 1.82) is 0 Å². The molecule has 0 atom stereocenters. The molecule has 1 aromatic carbocycles. The zero-order valence-corrected chi connectivity index (χ0v) is 14.6. The van der Waals surface area contributed by atoms with Crippen LogP contribution in [0.4, 0.5) is 0 Å². The molecule has 0 aromatic heterocycles. The molecular weight excluding hydrogens is 318 g/mol. The number of likely N-dealkylation sites (tertiary alicyclic amines) is 1. The van der Waals surface area contributed by atoms with E-state index >= 15 is 0 Å². The number of nitrogens with one attached hydrogen (secondary N) is 2. The van der Waals surface area contributed by atoms with Crippen LogP contribution in [-0.4, -0.2) is 49.3 Å². The van der Waals surface area contributed by atoms with E-state index in [0.717, 1.165) is 5.56 Å². The van der Waals surface area contributed by atoms with Crippen LogP contribution < -0.4 is 10.6 Å². The van der Waals surface area contributed by atoms with Gasteiger partial charge in [-0.3, -0.25) is 14.4 Å². The Labute approximate surface area is 148 Å². The highest BCUT2D eigenvalue weighted by Crippen LogP contribution is 2.36. The van der Waals surface area contributed by atoms with Crippen molar-refractivity contribution in [1.82, 2.24) is 15.5 Å².